The van der Waals surface area contributed by atoms with Crippen LogP contribution in [0.4, 0.5) is 16.4 Å². The van der Waals surface area contributed by atoms with Crippen LogP contribution < -0.4 is 10.9 Å². The van der Waals surface area contributed by atoms with Crippen molar-refractivity contribution in [1.29, 1.82) is 5.26 Å². The second-order valence-corrected chi connectivity index (χ2v) is 9.79. The zero-order valence-electron chi connectivity index (χ0n) is 20.3. The third-order valence-electron chi connectivity index (χ3n) is 6.06. The third-order valence-corrected chi connectivity index (χ3v) is 6.06. The van der Waals surface area contributed by atoms with E-state index in [1.165, 1.54) is 12.4 Å². The van der Waals surface area contributed by atoms with Gasteiger partial charge in [-0.2, -0.15) is 10.4 Å². The van der Waals surface area contributed by atoms with Crippen LogP contribution in [0.15, 0.2) is 41.5 Å². The number of carbonyl (C=O) groups excluding carboxylic acids is 1. The maximum atomic E-state index is 12.7. The van der Waals surface area contributed by atoms with Crippen molar-refractivity contribution in [1.82, 2.24) is 29.5 Å². The van der Waals surface area contributed by atoms with Crippen molar-refractivity contribution in [3.05, 3.63) is 58.3 Å². The molecule has 184 valence electrons. The fraction of sp³-hybridized carbons (Fsp3) is 0.360. The Kier molecular flexibility index (Phi) is 5.80. The molecule has 36 heavy (non-hydrogen) atoms. The highest BCUT2D eigenvalue weighted by molar-refractivity contribution is 6.02. The molecule has 2 N–H and O–H groups in total. The fourth-order valence-electron chi connectivity index (χ4n) is 4.44. The summed E-state index contributed by atoms with van der Waals surface area (Å²) >= 11 is 0. The Morgan fingerprint density at radius 2 is 1.94 bits per heavy atom. The molecular weight excluding hydrogens is 460 g/mol. The average molecular weight is 487 g/mol. The van der Waals surface area contributed by atoms with Gasteiger partial charge in [0.05, 0.1) is 40.2 Å². The van der Waals surface area contributed by atoms with Crippen molar-refractivity contribution in [3.63, 3.8) is 0 Å². The summed E-state index contributed by atoms with van der Waals surface area (Å²) in [5.74, 6) is 0.384. The second-order valence-electron chi connectivity index (χ2n) is 9.79. The number of anilines is 2. The number of aromatic amines is 1. The van der Waals surface area contributed by atoms with E-state index in [4.69, 9.17) is 15.1 Å². The number of piperidine rings is 1. The van der Waals surface area contributed by atoms with Crippen molar-refractivity contribution < 1.29 is 9.53 Å². The Morgan fingerprint density at radius 1 is 1.22 bits per heavy atom. The maximum Gasteiger partial charge on any atom is 0.410 e. The van der Waals surface area contributed by atoms with Crippen LogP contribution >= 0.6 is 0 Å². The molecule has 1 amide bonds. The number of hydrogen-bond donors (Lipinski definition) is 2. The number of likely N-dealkylation sites (tertiary alicyclic amines) is 1. The first-order valence-corrected chi connectivity index (χ1v) is 11.7. The molecule has 0 unspecified atom stereocenters. The van der Waals surface area contributed by atoms with Gasteiger partial charge >= 0.3 is 6.09 Å². The van der Waals surface area contributed by atoms with E-state index in [0.717, 1.165) is 11.1 Å². The standard InChI is InChI=1S/C25H26N8O3/c1-25(2,3)36-24(35)32-9-7-16(8-10-32)19-11-20(34)30-22-21-17(5-4-6-18(21)31-33(19)22)29-23-27-13-15(12-26)14-28-23/h4-6,11,13-14,16H,7-10H2,1-3H3,(H,30,34)(H,27,28,29). The van der Waals surface area contributed by atoms with Crippen molar-refractivity contribution in [2.75, 3.05) is 18.4 Å². The molecule has 3 aromatic heterocycles. The molecule has 0 saturated carbocycles. The molecule has 1 aliphatic rings. The first-order valence-electron chi connectivity index (χ1n) is 11.7. The number of nitrogens with one attached hydrogen (secondary N) is 2. The van der Waals surface area contributed by atoms with Crippen LogP contribution in [0.1, 0.15) is 50.8 Å². The summed E-state index contributed by atoms with van der Waals surface area (Å²) in [6.07, 6.45) is 3.95. The van der Waals surface area contributed by atoms with E-state index >= 15 is 0 Å². The van der Waals surface area contributed by atoms with Gasteiger partial charge < -0.3 is 19.9 Å². The molecule has 0 atom stereocenters. The number of carbonyl (C=O) groups is 1. The molecule has 1 aliphatic heterocycles. The van der Waals surface area contributed by atoms with Crippen LogP contribution in [0.3, 0.4) is 0 Å². The Labute approximate surface area is 206 Å². The fourth-order valence-corrected chi connectivity index (χ4v) is 4.44. The lowest BCUT2D eigenvalue weighted by Gasteiger charge is -2.33. The molecule has 11 nitrogen and oxygen atoms in total. The van der Waals surface area contributed by atoms with Gasteiger partial charge in [-0.1, -0.05) is 6.07 Å². The summed E-state index contributed by atoms with van der Waals surface area (Å²) in [6.45, 7) is 6.63. The van der Waals surface area contributed by atoms with Gasteiger partial charge in [0.15, 0.2) is 0 Å². The number of aromatic nitrogens is 5. The van der Waals surface area contributed by atoms with Crippen molar-refractivity contribution >= 4 is 34.3 Å². The predicted molar refractivity (Wildman–Crippen MR) is 133 cm³/mol. The Hall–Kier alpha value is -4.46. The smallest absolute Gasteiger partial charge is 0.410 e. The van der Waals surface area contributed by atoms with Crippen molar-refractivity contribution in [3.8, 4) is 6.07 Å². The SMILES string of the molecule is CC(C)(C)OC(=O)N1CCC(c2cc(=O)[nH]c3c4c(Nc5ncc(C#N)cn5)cccc4nn23)CC1. The molecule has 0 aliphatic carbocycles. The van der Waals surface area contributed by atoms with Crippen LogP contribution in [0.5, 0.6) is 0 Å². The topological polar surface area (TPSA) is 141 Å². The average Bonchev–Trinajstić information content (AvgIpc) is 3.22. The number of benzene rings is 1. The third kappa shape index (κ3) is 4.57. The van der Waals surface area contributed by atoms with Gasteiger partial charge in [-0.05, 0) is 45.7 Å². The van der Waals surface area contributed by atoms with Gasteiger partial charge in [0, 0.05) is 25.1 Å². The molecule has 0 spiro atoms. The van der Waals surface area contributed by atoms with Crippen LogP contribution in [-0.4, -0.2) is 54.2 Å². The lowest BCUT2D eigenvalue weighted by Crippen LogP contribution is -2.41. The maximum absolute atomic E-state index is 12.7. The summed E-state index contributed by atoms with van der Waals surface area (Å²) in [4.78, 5) is 38.2. The van der Waals surface area contributed by atoms with E-state index in [1.807, 2.05) is 45.0 Å². The molecule has 11 heteroatoms. The highest BCUT2D eigenvalue weighted by atomic mass is 16.6. The lowest BCUT2D eigenvalue weighted by atomic mass is 9.93. The first-order chi connectivity index (χ1) is 17.2. The van der Waals surface area contributed by atoms with E-state index in [9.17, 15) is 9.59 Å². The zero-order chi connectivity index (χ0) is 25.4. The molecule has 4 aromatic rings. The summed E-state index contributed by atoms with van der Waals surface area (Å²) in [6, 6.07) is 9.17. The summed E-state index contributed by atoms with van der Waals surface area (Å²) in [7, 11) is 0. The normalized spacial score (nSPS) is 14.7. The molecule has 0 bridgehead atoms. The minimum absolute atomic E-state index is 0.0565. The number of H-pyrrole nitrogens is 1. The lowest BCUT2D eigenvalue weighted by molar-refractivity contribution is 0.0203. The Bertz CT molecular complexity index is 1530. The molecule has 5 rings (SSSR count). The number of nitriles is 1. The summed E-state index contributed by atoms with van der Waals surface area (Å²) in [5, 5.41) is 17.7. The molecule has 4 heterocycles. The Morgan fingerprint density at radius 3 is 2.61 bits per heavy atom. The zero-order valence-corrected chi connectivity index (χ0v) is 20.3. The number of rotatable bonds is 3. The van der Waals surface area contributed by atoms with Gasteiger partial charge in [-0.25, -0.2) is 19.3 Å². The van der Waals surface area contributed by atoms with E-state index < -0.39 is 5.60 Å². The van der Waals surface area contributed by atoms with E-state index in [0.29, 0.717) is 54.3 Å². The molecular formula is C25H26N8O3. The summed E-state index contributed by atoms with van der Waals surface area (Å²) in [5.41, 5.74) is 2.34. The van der Waals surface area contributed by atoms with Gasteiger partial charge in [0.1, 0.15) is 17.3 Å². The number of ether oxygens (including phenoxy) is 1. The minimum atomic E-state index is -0.545. The first kappa shape index (κ1) is 23.3. The molecule has 1 fully saturated rings. The number of hydrogen-bond acceptors (Lipinski definition) is 8. The van der Waals surface area contributed by atoms with Crippen LogP contribution in [0.2, 0.25) is 0 Å². The van der Waals surface area contributed by atoms with Gasteiger partial charge in [-0.15, -0.1) is 0 Å². The van der Waals surface area contributed by atoms with Gasteiger partial charge in [0.2, 0.25) is 5.95 Å². The summed E-state index contributed by atoms with van der Waals surface area (Å²) < 4.78 is 7.29. The number of fused-ring (bicyclic) bond motifs is 3. The van der Waals surface area contributed by atoms with E-state index in [-0.39, 0.29) is 17.6 Å². The highest BCUT2D eigenvalue weighted by Crippen LogP contribution is 2.32. The predicted octanol–water partition coefficient (Wildman–Crippen LogP) is 3.70. The van der Waals surface area contributed by atoms with Crippen molar-refractivity contribution in [2.24, 2.45) is 0 Å². The van der Waals surface area contributed by atoms with Crippen LogP contribution in [0.25, 0.3) is 16.6 Å². The largest absolute Gasteiger partial charge is 0.444 e. The monoisotopic (exact) mass is 486 g/mol. The quantitative estimate of drug-likeness (QED) is 0.446. The van der Waals surface area contributed by atoms with Crippen LogP contribution in [0, 0.1) is 11.3 Å². The molecule has 0 radical (unpaired) electrons. The number of amides is 1. The van der Waals surface area contributed by atoms with Crippen molar-refractivity contribution in [2.45, 2.75) is 45.1 Å². The highest BCUT2D eigenvalue weighted by Gasteiger charge is 2.29. The second kappa shape index (κ2) is 8.96. The number of nitrogens with zero attached hydrogens (tertiary/aromatic N) is 6. The van der Waals surface area contributed by atoms with Gasteiger partial charge in [-0.3, -0.25) is 4.79 Å². The molecule has 1 saturated heterocycles. The Balaban J connectivity index is 1.47. The van der Waals surface area contributed by atoms with Crippen LogP contribution in [-0.2, 0) is 4.74 Å². The minimum Gasteiger partial charge on any atom is -0.444 e. The molecule has 1 aromatic carbocycles. The van der Waals surface area contributed by atoms with Gasteiger partial charge in [0.25, 0.3) is 5.56 Å². The van der Waals surface area contributed by atoms with E-state index in [2.05, 4.69) is 20.3 Å². The van der Waals surface area contributed by atoms with E-state index in [1.54, 1.807) is 15.5 Å².